The van der Waals surface area contributed by atoms with Gasteiger partial charge in [-0.3, -0.25) is 0 Å². The monoisotopic (exact) mass is 285 g/mol. The first-order chi connectivity index (χ1) is 7.95. The third kappa shape index (κ3) is 4.35. The van der Waals surface area contributed by atoms with Crippen LogP contribution < -0.4 is 5.32 Å². The second kappa shape index (κ2) is 6.53. The van der Waals surface area contributed by atoms with Crippen LogP contribution in [0.1, 0.15) is 54.9 Å². The van der Waals surface area contributed by atoms with Crippen molar-refractivity contribution in [2.45, 2.75) is 84.7 Å². The van der Waals surface area contributed by atoms with Crippen LogP contribution >= 0.6 is 0 Å². The normalized spacial score (nSPS) is 18.5. The maximum Gasteiger partial charge on any atom is 0.0715 e. The van der Waals surface area contributed by atoms with Crippen LogP contribution in [0.4, 0.5) is 0 Å². The van der Waals surface area contributed by atoms with Gasteiger partial charge < -0.3 is 5.32 Å². The molecule has 0 aliphatic heterocycles. The maximum absolute atomic E-state index is 3.92. The number of rotatable bonds is 5. The van der Waals surface area contributed by atoms with E-state index in [1.165, 1.54) is 16.7 Å². The Hall–Kier alpha value is 0.134. The molecule has 0 rings (SSSR count). The van der Waals surface area contributed by atoms with E-state index in [-0.39, 0.29) is 0 Å². The Morgan fingerprint density at radius 1 is 1.22 bits per heavy atom. The van der Waals surface area contributed by atoms with Crippen molar-refractivity contribution >= 4 is 18.3 Å². The molecule has 0 fully saturated rings. The van der Waals surface area contributed by atoms with Crippen molar-refractivity contribution in [2.75, 3.05) is 0 Å². The minimum atomic E-state index is -1.29. The highest BCUT2D eigenvalue weighted by Crippen LogP contribution is 2.38. The van der Waals surface area contributed by atoms with Crippen LogP contribution in [0, 0.1) is 0 Å². The van der Waals surface area contributed by atoms with Crippen LogP contribution in [-0.2, 0) is 0 Å². The molecule has 2 atom stereocenters. The summed E-state index contributed by atoms with van der Waals surface area (Å²) in [5.41, 5.74) is 2.23. The van der Waals surface area contributed by atoms with Crippen molar-refractivity contribution in [3.8, 4) is 0 Å². The van der Waals surface area contributed by atoms with E-state index in [9.17, 15) is 0 Å². The highest BCUT2D eigenvalue weighted by Gasteiger charge is 2.40. The molecule has 0 amide bonds. The predicted molar refractivity (Wildman–Crippen MR) is 92.2 cm³/mol. The van der Waals surface area contributed by atoms with Crippen LogP contribution in [0.25, 0.3) is 0 Å². The lowest BCUT2D eigenvalue weighted by atomic mass is 10.1. The van der Waals surface area contributed by atoms with Crippen LogP contribution in [0.3, 0.4) is 0 Å². The smallest absolute Gasteiger partial charge is 0.0715 e. The Balaban J connectivity index is 4.95. The molecule has 0 heterocycles. The molecule has 3 heteroatoms. The third-order valence-corrected chi connectivity index (χ3v) is 12.2. The first kappa shape index (κ1) is 18.1. The van der Waals surface area contributed by atoms with Crippen molar-refractivity contribution < 1.29 is 0 Å². The minimum absolute atomic E-state index is 0.450. The fourth-order valence-corrected chi connectivity index (χ4v) is 4.32. The summed E-state index contributed by atoms with van der Waals surface area (Å²) in [5.74, 6) is 0. The molecule has 18 heavy (non-hydrogen) atoms. The molecule has 108 valence electrons. The zero-order valence-electron chi connectivity index (χ0n) is 14.4. The summed E-state index contributed by atoms with van der Waals surface area (Å²) in [5, 5.41) is 5.96. The molecule has 0 aromatic heterocycles. The van der Waals surface area contributed by atoms with E-state index in [0.717, 1.165) is 0 Å². The van der Waals surface area contributed by atoms with Gasteiger partial charge in [0.2, 0.25) is 0 Å². The van der Waals surface area contributed by atoms with Gasteiger partial charge in [0.1, 0.15) is 0 Å². The van der Waals surface area contributed by atoms with Gasteiger partial charge in [0, 0.05) is 16.3 Å². The molecule has 0 bridgehead atoms. The lowest BCUT2D eigenvalue weighted by molar-refractivity contribution is 0.521. The van der Waals surface area contributed by atoms with Gasteiger partial charge in [0.05, 0.1) is 8.07 Å². The van der Waals surface area contributed by atoms with Crippen molar-refractivity contribution in [1.29, 1.82) is 0 Å². The van der Waals surface area contributed by atoms with Crippen LogP contribution in [-0.4, -0.2) is 30.0 Å². The quantitative estimate of drug-likeness (QED) is 0.763. The first-order valence-corrected chi connectivity index (χ1v) is 11.4. The van der Waals surface area contributed by atoms with Gasteiger partial charge in [-0.05, 0) is 31.0 Å². The van der Waals surface area contributed by atoms with Gasteiger partial charge in [-0.1, -0.05) is 58.5 Å². The molecular weight excluding hydrogens is 250 g/mol. The van der Waals surface area contributed by atoms with Gasteiger partial charge in [-0.15, -0.1) is 0 Å². The van der Waals surface area contributed by atoms with Gasteiger partial charge >= 0.3 is 0 Å². The summed E-state index contributed by atoms with van der Waals surface area (Å²) < 4.78 is 0. The SMILES string of the molecule is CCC(NC(C)[Si](C)(C)C(C)(C)C)C(C)=C(C)[SiH3]. The molecule has 0 saturated carbocycles. The Labute approximate surface area is 119 Å². The average Bonchev–Trinajstić information content (AvgIpc) is 2.22. The average molecular weight is 286 g/mol. The van der Waals surface area contributed by atoms with E-state index >= 15 is 0 Å². The summed E-state index contributed by atoms with van der Waals surface area (Å²) in [7, 11) is -0.103. The number of hydrogen-bond acceptors (Lipinski definition) is 1. The molecule has 0 aliphatic rings. The summed E-state index contributed by atoms with van der Waals surface area (Å²) in [6, 6.07) is 0.576. The number of nitrogens with one attached hydrogen (secondary N) is 1. The molecule has 1 N–H and O–H groups in total. The lowest BCUT2D eigenvalue weighted by Gasteiger charge is -2.43. The Morgan fingerprint density at radius 2 is 1.67 bits per heavy atom. The van der Waals surface area contributed by atoms with E-state index in [1.54, 1.807) is 10.8 Å². The lowest BCUT2D eigenvalue weighted by Crippen LogP contribution is -2.57. The second-order valence-electron chi connectivity index (χ2n) is 7.50. The topological polar surface area (TPSA) is 12.0 Å². The first-order valence-electron chi connectivity index (χ1n) is 7.35. The zero-order valence-corrected chi connectivity index (χ0v) is 17.4. The molecule has 0 aromatic rings. The van der Waals surface area contributed by atoms with Crippen molar-refractivity contribution in [2.24, 2.45) is 0 Å². The highest BCUT2D eigenvalue weighted by atomic mass is 28.3. The van der Waals surface area contributed by atoms with Gasteiger partial charge in [0.25, 0.3) is 0 Å². The molecule has 1 nitrogen and oxygen atoms in total. The molecule has 0 radical (unpaired) electrons. The molecule has 0 aliphatic carbocycles. The summed E-state index contributed by atoms with van der Waals surface area (Å²) in [6.07, 6.45) is 1.20. The Morgan fingerprint density at radius 3 is 1.94 bits per heavy atom. The van der Waals surface area contributed by atoms with Crippen LogP contribution in [0.5, 0.6) is 0 Å². The fraction of sp³-hybridized carbons (Fsp3) is 0.867. The number of hydrogen-bond donors (Lipinski definition) is 1. The summed E-state index contributed by atoms with van der Waals surface area (Å²) in [6.45, 7) is 21.5. The number of allylic oxidation sites excluding steroid dienone is 1. The van der Waals surface area contributed by atoms with Crippen molar-refractivity contribution in [1.82, 2.24) is 5.32 Å². The predicted octanol–water partition coefficient (Wildman–Crippen LogP) is 3.45. The Bertz CT molecular complexity index is 296. The Kier molecular flexibility index (Phi) is 6.58. The third-order valence-electron chi connectivity index (χ3n) is 5.19. The summed E-state index contributed by atoms with van der Waals surface area (Å²) in [4.78, 5) is 0. The van der Waals surface area contributed by atoms with E-state index in [2.05, 4.69) is 66.9 Å². The molecular formula is C15H35NSi2. The summed E-state index contributed by atoms with van der Waals surface area (Å²) >= 11 is 0. The van der Waals surface area contributed by atoms with E-state index in [4.69, 9.17) is 0 Å². The molecule has 0 spiro atoms. The molecule has 0 aromatic carbocycles. The van der Waals surface area contributed by atoms with Gasteiger partial charge in [0.15, 0.2) is 0 Å². The molecule has 0 saturated heterocycles. The van der Waals surface area contributed by atoms with Crippen molar-refractivity contribution in [3.05, 3.63) is 10.8 Å². The van der Waals surface area contributed by atoms with E-state index < -0.39 is 8.07 Å². The molecule has 2 unspecified atom stereocenters. The zero-order chi connectivity index (χ0) is 14.7. The standard InChI is InChI=1S/C15H35NSi2/c1-10-14(11(2)12(3)17)16-13(4)18(8,9)15(5,6)7/h13-14,16H,10H2,1-9,17H3. The second-order valence-corrected chi connectivity index (χ2v) is 14.8. The fourth-order valence-electron chi connectivity index (χ4n) is 2.06. The van der Waals surface area contributed by atoms with Crippen LogP contribution in [0.15, 0.2) is 10.8 Å². The van der Waals surface area contributed by atoms with Crippen LogP contribution in [0.2, 0.25) is 18.1 Å². The highest BCUT2D eigenvalue weighted by molar-refractivity contribution is 6.81. The van der Waals surface area contributed by atoms with Gasteiger partial charge in [-0.2, -0.15) is 0 Å². The maximum atomic E-state index is 3.92. The van der Waals surface area contributed by atoms with E-state index in [0.29, 0.717) is 16.7 Å². The largest absolute Gasteiger partial charge is 0.310 e. The van der Waals surface area contributed by atoms with E-state index in [1.807, 2.05) is 0 Å². The minimum Gasteiger partial charge on any atom is -0.310 e. The van der Waals surface area contributed by atoms with Crippen molar-refractivity contribution in [3.63, 3.8) is 0 Å². The van der Waals surface area contributed by atoms with Gasteiger partial charge in [-0.25, -0.2) is 0 Å².